The summed E-state index contributed by atoms with van der Waals surface area (Å²) in [6, 6.07) is 17.1. The van der Waals surface area contributed by atoms with Gasteiger partial charge in [0.05, 0.1) is 22.8 Å². The summed E-state index contributed by atoms with van der Waals surface area (Å²) in [6.07, 6.45) is 13.8. The smallest absolute Gasteiger partial charge is 0.264 e. The van der Waals surface area contributed by atoms with Crippen molar-refractivity contribution in [2.45, 2.75) is 84.0 Å². The third-order valence-electron chi connectivity index (χ3n) is 9.58. The molecule has 0 aromatic heterocycles. The van der Waals surface area contributed by atoms with Crippen LogP contribution in [0.25, 0.3) is 0 Å². The summed E-state index contributed by atoms with van der Waals surface area (Å²) in [5.41, 5.74) is 8.02. The van der Waals surface area contributed by atoms with Gasteiger partial charge in [-0.2, -0.15) is 13.0 Å². The third kappa shape index (κ3) is 7.07. The first-order valence-electron chi connectivity index (χ1n) is 16.5. The quantitative estimate of drug-likeness (QED) is 0.139. The fourth-order valence-electron chi connectivity index (χ4n) is 7.05. The predicted octanol–water partition coefficient (Wildman–Crippen LogP) is 8.96. The lowest BCUT2D eigenvalue weighted by molar-refractivity contribution is -0.438. The zero-order valence-electron chi connectivity index (χ0n) is 27.9. The average Bonchev–Trinajstić information content (AvgIpc) is 3.36. The molecule has 3 heterocycles. The number of fused-ring (bicyclic) bond motifs is 2. The van der Waals surface area contributed by atoms with E-state index in [1.165, 1.54) is 35.4 Å². The molecule has 8 heteroatoms. The van der Waals surface area contributed by atoms with Crippen LogP contribution in [0.4, 0.5) is 11.4 Å². The molecule has 3 aliphatic rings. The number of nitrogens with zero attached hydrogens (tertiary/aromatic N) is 2. The molecular formula is C38H48ClN2O4S+. The zero-order valence-corrected chi connectivity index (χ0v) is 29.4. The molecule has 0 radical (unpaired) electrons. The fraction of sp³-hybridized carbons (Fsp3) is 0.447. The van der Waals surface area contributed by atoms with Crippen molar-refractivity contribution < 1.29 is 22.3 Å². The Morgan fingerprint density at radius 3 is 2.39 bits per heavy atom. The minimum atomic E-state index is -3.98. The van der Waals surface area contributed by atoms with Crippen molar-refractivity contribution in [1.29, 1.82) is 0 Å². The molecule has 2 aromatic carbocycles. The van der Waals surface area contributed by atoms with Crippen molar-refractivity contribution in [2.75, 3.05) is 30.3 Å². The van der Waals surface area contributed by atoms with Gasteiger partial charge in [-0.05, 0) is 56.0 Å². The molecule has 0 fully saturated rings. The normalized spacial score (nSPS) is 20.6. The van der Waals surface area contributed by atoms with E-state index < -0.39 is 10.1 Å². The van der Waals surface area contributed by atoms with Crippen molar-refractivity contribution in [3.05, 3.63) is 106 Å². The monoisotopic (exact) mass is 663 g/mol. The van der Waals surface area contributed by atoms with Crippen LogP contribution in [0.5, 0.6) is 0 Å². The number of unbranched alkanes of at least 4 members (excludes halogenated alkanes) is 3. The molecule has 1 N–H and O–H groups in total. The Balaban J connectivity index is 1.45. The van der Waals surface area contributed by atoms with Crippen LogP contribution in [-0.2, 0) is 25.7 Å². The van der Waals surface area contributed by atoms with Gasteiger partial charge in [0.1, 0.15) is 12.3 Å². The number of hydrogen-bond acceptors (Lipinski definition) is 4. The minimum absolute atomic E-state index is 0.117. The van der Waals surface area contributed by atoms with Crippen molar-refractivity contribution in [3.8, 4) is 0 Å². The van der Waals surface area contributed by atoms with E-state index in [0.717, 1.165) is 36.4 Å². The molecule has 3 aliphatic heterocycles. The van der Waals surface area contributed by atoms with E-state index in [0.29, 0.717) is 36.8 Å². The first-order valence-corrected chi connectivity index (χ1v) is 18.5. The second-order valence-electron chi connectivity index (χ2n) is 13.5. The van der Waals surface area contributed by atoms with Gasteiger partial charge in [0.25, 0.3) is 10.1 Å². The first kappa shape index (κ1) is 34.2. The van der Waals surface area contributed by atoms with Crippen LogP contribution in [0.1, 0.15) is 84.3 Å². The highest BCUT2D eigenvalue weighted by molar-refractivity contribution is 7.85. The van der Waals surface area contributed by atoms with Gasteiger partial charge in [0.15, 0.2) is 5.71 Å². The van der Waals surface area contributed by atoms with Crippen LogP contribution in [0, 0.1) is 0 Å². The van der Waals surface area contributed by atoms with E-state index in [2.05, 4.69) is 98.7 Å². The molecule has 0 saturated carbocycles. The summed E-state index contributed by atoms with van der Waals surface area (Å²) in [7, 11) is -3.98. The molecule has 0 aliphatic carbocycles. The molecule has 0 saturated heterocycles. The van der Waals surface area contributed by atoms with Crippen LogP contribution in [-0.4, -0.2) is 48.7 Å². The Hall–Kier alpha value is -3.13. The summed E-state index contributed by atoms with van der Waals surface area (Å²) >= 11 is 7.05. The highest BCUT2D eigenvalue weighted by atomic mass is 35.5. The van der Waals surface area contributed by atoms with E-state index >= 15 is 0 Å². The maximum Gasteiger partial charge on any atom is 0.264 e. The highest BCUT2D eigenvalue weighted by Crippen LogP contribution is 2.48. The van der Waals surface area contributed by atoms with Crippen molar-refractivity contribution in [2.24, 2.45) is 0 Å². The van der Waals surface area contributed by atoms with Gasteiger partial charge in [0, 0.05) is 53.9 Å². The van der Waals surface area contributed by atoms with Crippen LogP contribution in [0.3, 0.4) is 0 Å². The minimum Gasteiger partial charge on any atom is -0.492 e. The number of halogens is 1. The number of hydrogen-bond donors (Lipinski definition) is 1. The number of allylic oxidation sites excluding steroid dienone is 6. The van der Waals surface area contributed by atoms with Crippen LogP contribution in [0.15, 0.2) is 94.9 Å². The summed E-state index contributed by atoms with van der Waals surface area (Å²) in [5, 5.41) is 0.624. The zero-order chi connectivity index (χ0) is 33.1. The number of ether oxygens (including phenoxy) is 1. The van der Waals surface area contributed by atoms with Gasteiger partial charge in [-0.3, -0.25) is 4.55 Å². The average molecular weight is 664 g/mol. The molecular weight excluding hydrogens is 616 g/mol. The Morgan fingerprint density at radius 2 is 1.65 bits per heavy atom. The fourth-order valence-corrected chi connectivity index (χ4v) is 7.90. The standard InChI is InChI=1S/C38H47ClN2O4S/c1-6-7-12-24-40-31-17-10-8-15-29(31)37(2,3)34(40)21-19-28-23-26-45-33(36(28)39)20-22-35-38(4,5)30-16-9-11-18-32(30)41(35)25-13-14-27-46(42,43)44/h8-11,15-22H,6-7,12-14,23-27H2,1-5H3/p+1. The highest BCUT2D eigenvalue weighted by Gasteiger charge is 2.44. The number of anilines is 1. The van der Waals surface area contributed by atoms with Crippen LogP contribution in [0.2, 0.25) is 0 Å². The number of benzene rings is 2. The number of rotatable bonds is 12. The van der Waals surface area contributed by atoms with Crippen LogP contribution >= 0.6 is 11.6 Å². The number of para-hydroxylation sites is 2. The Bertz CT molecular complexity index is 1730. The first-order chi connectivity index (χ1) is 21.9. The van der Waals surface area contributed by atoms with Crippen molar-refractivity contribution in [3.63, 3.8) is 0 Å². The Labute approximate surface area is 280 Å². The lowest BCUT2D eigenvalue weighted by atomic mass is 9.81. The van der Waals surface area contributed by atoms with Gasteiger partial charge in [-0.25, -0.2) is 0 Å². The molecule has 0 atom stereocenters. The second kappa shape index (κ2) is 13.9. The maximum absolute atomic E-state index is 11.3. The molecule has 246 valence electrons. The summed E-state index contributed by atoms with van der Waals surface area (Å²) in [6.45, 7) is 13.4. The van der Waals surface area contributed by atoms with E-state index in [1.807, 2.05) is 18.2 Å². The van der Waals surface area contributed by atoms with E-state index in [-0.39, 0.29) is 16.6 Å². The Morgan fingerprint density at radius 1 is 0.935 bits per heavy atom. The maximum atomic E-state index is 11.3. The summed E-state index contributed by atoms with van der Waals surface area (Å²) in [5.74, 6) is 0.412. The third-order valence-corrected chi connectivity index (χ3v) is 10.8. The van der Waals surface area contributed by atoms with Gasteiger partial charge in [-0.15, -0.1) is 0 Å². The molecule has 5 rings (SSSR count). The topological polar surface area (TPSA) is 69.8 Å². The molecule has 0 spiro atoms. The molecule has 0 amide bonds. The van der Waals surface area contributed by atoms with Crippen LogP contribution < -0.4 is 4.90 Å². The largest absolute Gasteiger partial charge is 0.492 e. The van der Waals surface area contributed by atoms with Crippen molar-refractivity contribution >= 4 is 38.8 Å². The van der Waals surface area contributed by atoms with Gasteiger partial charge >= 0.3 is 0 Å². The lowest BCUT2D eigenvalue weighted by Crippen LogP contribution is -2.28. The van der Waals surface area contributed by atoms with Gasteiger partial charge in [-0.1, -0.05) is 87.7 Å². The molecule has 6 nitrogen and oxygen atoms in total. The van der Waals surface area contributed by atoms with E-state index in [9.17, 15) is 13.0 Å². The predicted molar refractivity (Wildman–Crippen MR) is 190 cm³/mol. The van der Waals surface area contributed by atoms with Crippen molar-refractivity contribution in [1.82, 2.24) is 0 Å². The SMILES string of the molecule is CCCCCN1/C(=C/C=C2\CCOC(/C=C/C3=[N+](CCCCS(=O)(=O)O)c4ccccc4C3(C)C)=C2Cl)C(C)(C)c2ccccc21. The van der Waals surface area contributed by atoms with E-state index in [4.69, 9.17) is 16.3 Å². The molecule has 46 heavy (non-hydrogen) atoms. The summed E-state index contributed by atoms with van der Waals surface area (Å²) in [4.78, 5) is 2.49. The Kier molecular flexibility index (Phi) is 10.4. The lowest BCUT2D eigenvalue weighted by Gasteiger charge is -2.27. The summed E-state index contributed by atoms with van der Waals surface area (Å²) < 4.78 is 40.1. The van der Waals surface area contributed by atoms with Gasteiger partial charge in [0.2, 0.25) is 5.69 Å². The molecule has 2 aromatic rings. The van der Waals surface area contributed by atoms with E-state index in [1.54, 1.807) is 0 Å². The van der Waals surface area contributed by atoms with Gasteiger partial charge < -0.3 is 9.64 Å². The molecule has 0 unspecified atom stereocenters. The second-order valence-corrected chi connectivity index (χ2v) is 15.5. The molecule has 0 bridgehead atoms.